The Bertz CT molecular complexity index is 5650. The predicted octanol–water partition coefficient (Wildman–Crippen LogP) is 11.6. The number of nitrogens with two attached hydrogens (primary N) is 4. The molecule has 0 aliphatic heterocycles. The third-order valence-corrected chi connectivity index (χ3v) is 16.5. The third-order valence-electron chi connectivity index (χ3n) is 15.7. The van der Waals surface area contributed by atoms with Gasteiger partial charge in [-0.15, -0.1) is 10.2 Å². The van der Waals surface area contributed by atoms with E-state index in [2.05, 4.69) is 135 Å². The molecule has 0 bridgehead atoms. The first kappa shape index (κ1) is 91.4. The highest BCUT2D eigenvalue weighted by Crippen LogP contribution is 2.21. The lowest BCUT2D eigenvalue weighted by molar-refractivity contribution is -0.154. The highest BCUT2D eigenvalue weighted by Gasteiger charge is 2.22. The van der Waals surface area contributed by atoms with E-state index in [0.717, 1.165) is 66.0 Å². The van der Waals surface area contributed by atoms with Crippen molar-refractivity contribution < 1.29 is 38.2 Å². The molecule has 118 heavy (non-hydrogen) atoms. The number of esters is 1. The Hall–Kier alpha value is -13.8. The molecular weight excluding hydrogens is 1570 g/mol. The minimum Gasteiger partial charge on any atom is -0.460 e. The standard InChI is InChI=1S/C27H30N6O3.C21H21N7O.C11H18N4O2.C11H14N4O2.C6H6N4.C5H6BrN3/c1-17-6-8-20-12-19(7-9-23(20)29-17)15-33-16-24(31-32-33)25(34)11-10-22-18(2)30-21(14-28-22)13-26(35)36-27(3,4)5;1-13-3-5-16-9-15(4-6-18(16)24-13)11-28-12-19(26-27-28)20(29)8-7-17-14(2)25-21(22)10-23-17;2*1-7-8(5-12)13-6-9(14-7)15-10(16)17-11(2,3)4;1-4-5(2-7)9-3-6(8)10-4;1-3-5(6)8-2-4(7)9-3/h6-9,12,14,16H,10-11,13,15H2,1-5H3;3-6,9-10,12H,7-8,11H2,1-2H3,(H2,22,25);6H,5,12H2,1-4H3,(H,14,15,16);6H,1-4H3,(H,14,15,16);3H,1H3,(H2,8,10);2H,1H3,(H2,7,9). The first-order valence-corrected chi connectivity index (χ1v) is 37.6. The number of carbonyl (C=O) groups is 5. The summed E-state index contributed by atoms with van der Waals surface area (Å²) in [6.45, 7) is 32.1. The second kappa shape index (κ2) is 42.0. The van der Waals surface area contributed by atoms with Gasteiger partial charge in [-0.3, -0.25) is 54.9 Å². The van der Waals surface area contributed by atoms with E-state index in [-0.39, 0.29) is 41.9 Å². The van der Waals surface area contributed by atoms with Crippen molar-refractivity contribution in [3.8, 4) is 12.1 Å². The van der Waals surface area contributed by atoms with E-state index in [9.17, 15) is 24.0 Å². The number of benzene rings is 2. The molecule has 0 spiro atoms. The van der Waals surface area contributed by atoms with Gasteiger partial charge in [-0.2, -0.15) is 10.5 Å². The van der Waals surface area contributed by atoms with Crippen molar-refractivity contribution in [3.05, 3.63) is 217 Å². The van der Waals surface area contributed by atoms with Gasteiger partial charge in [0.2, 0.25) is 0 Å². The minimum atomic E-state index is -0.601. The summed E-state index contributed by atoms with van der Waals surface area (Å²) in [6, 6.07) is 24.0. The van der Waals surface area contributed by atoms with Gasteiger partial charge in [-0.1, -0.05) is 34.7 Å². The Morgan fingerprint density at radius 2 is 0.864 bits per heavy atom. The average molecular weight is 1670 g/mol. The van der Waals surface area contributed by atoms with Crippen molar-refractivity contribution in [2.24, 2.45) is 5.73 Å². The summed E-state index contributed by atoms with van der Waals surface area (Å²) in [7, 11) is 0. The summed E-state index contributed by atoms with van der Waals surface area (Å²) < 4.78 is 19.6. The van der Waals surface area contributed by atoms with Gasteiger partial charge in [-0.25, -0.2) is 58.8 Å². The number of amides is 2. The van der Waals surface area contributed by atoms with Crippen molar-refractivity contribution >= 4 is 96.5 Å². The number of nitrogen functional groups attached to an aromatic ring is 3. The van der Waals surface area contributed by atoms with Crippen molar-refractivity contribution in [2.75, 3.05) is 27.8 Å². The number of aromatic nitrogens is 20. The van der Waals surface area contributed by atoms with Gasteiger partial charge in [0, 0.05) is 47.7 Å². The number of hydrogen-bond donors (Lipinski definition) is 6. The van der Waals surface area contributed by atoms with Crippen LogP contribution in [0.2, 0.25) is 0 Å². The van der Waals surface area contributed by atoms with Gasteiger partial charge >= 0.3 is 18.2 Å². The molecule has 36 nitrogen and oxygen atoms in total. The number of halogens is 1. The molecule has 0 unspecified atom stereocenters. The van der Waals surface area contributed by atoms with E-state index in [1.807, 2.05) is 110 Å². The number of ether oxygens (including phenoxy) is 3. The molecular formula is C81H95BrN28O8. The summed E-state index contributed by atoms with van der Waals surface area (Å²) in [5.41, 5.74) is 34.0. The van der Waals surface area contributed by atoms with Gasteiger partial charge in [-0.05, 0) is 194 Å². The van der Waals surface area contributed by atoms with Crippen LogP contribution < -0.4 is 33.6 Å². The lowest BCUT2D eigenvalue weighted by Gasteiger charge is -2.19. The zero-order chi connectivity index (χ0) is 86.8. The summed E-state index contributed by atoms with van der Waals surface area (Å²) in [5, 5.41) is 40.5. The zero-order valence-corrected chi connectivity index (χ0v) is 70.4. The van der Waals surface area contributed by atoms with Crippen LogP contribution in [0, 0.1) is 78.1 Å². The van der Waals surface area contributed by atoms with Crippen molar-refractivity contribution in [1.82, 2.24) is 99.8 Å². The number of aryl methyl sites for hydroxylation is 10. The molecule has 0 aliphatic rings. The fraction of sp³-hybridized carbons (Fsp3) is 0.346. The molecule has 0 saturated carbocycles. The first-order chi connectivity index (χ1) is 55.6. The van der Waals surface area contributed by atoms with Crippen LogP contribution in [0.15, 0.2) is 115 Å². The second-order valence-electron chi connectivity index (χ2n) is 29.5. The van der Waals surface area contributed by atoms with Gasteiger partial charge in [0.25, 0.3) is 0 Å². The SMILES string of the molecule is Cc1ccc2cc(Cn3cc(C(=O)CCc4ncc(CC(=O)OC(C)(C)C)nc4C)nn3)ccc2n1.Cc1ccc2cc(Cn3cc(C(=O)CCc4ncc(N)nc4C)nn3)ccc2n1.Cc1nc(N)cnc1Br.Cc1nc(N)cnc1C#N.Cc1nc(NC(=O)OC(C)(C)C)cnc1C#N.Cc1nc(NC(=O)OC(C)(C)C)cnc1CN. The third kappa shape index (κ3) is 30.5. The summed E-state index contributed by atoms with van der Waals surface area (Å²) in [4.78, 5) is 118. The van der Waals surface area contributed by atoms with Crippen LogP contribution in [0.25, 0.3) is 21.8 Å². The number of nitrogens with one attached hydrogen (secondary N) is 2. The fourth-order valence-electron chi connectivity index (χ4n) is 10.4. The average Bonchev–Trinajstić information content (AvgIpc) is 1.30. The molecule has 10 heterocycles. The Morgan fingerprint density at radius 3 is 1.28 bits per heavy atom. The van der Waals surface area contributed by atoms with Crippen LogP contribution in [0.1, 0.15) is 187 Å². The predicted molar refractivity (Wildman–Crippen MR) is 445 cm³/mol. The van der Waals surface area contributed by atoms with E-state index < -0.39 is 29.0 Å². The first-order valence-electron chi connectivity index (χ1n) is 36.8. The normalized spacial score (nSPS) is 10.9. The molecule has 10 aromatic heterocycles. The summed E-state index contributed by atoms with van der Waals surface area (Å²) in [5.74, 6) is 1.25. The number of nitriles is 2. The van der Waals surface area contributed by atoms with Crippen LogP contribution in [0.4, 0.5) is 38.7 Å². The maximum absolute atomic E-state index is 12.7. The highest BCUT2D eigenvalue weighted by atomic mass is 79.9. The molecule has 12 aromatic rings. The number of ketones is 2. The minimum absolute atomic E-state index is 0.0563. The topological polar surface area (TPSA) is 531 Å². The van der Waals surface area contributed by atoms with E-state index in [1.54, 1.807) is 90.3 Å². The monoisotopic (exact) mass is 1670 g/mol. The molecule has 37 heteroatoms. The maximum atomic E-state index is 12.7. The van der Waals surface area contributed by atoms with Gasteiger partial charge in [0.15, 0.2) is 34.6 Å². The lowest BCUT2D eigenvalue weighted by Crippen LogP contribution is -2.27. The molecule has 0 radical (unpaired) electrons. The molecule has 0 aliphatic carbocycles. The molecule has 0 atom stereocenters. The number of Topliss-reactive ketones (excluding diaryl/α,β-unsaturated/α-hetero) is 2. The van der Waals surface area contributed by atoms with Crippen molar-refractivity contribution in [3.63, 3.8) is 0 Å². The Labute approximate surface area is 690 Å². The molecule has 0 fully saturated rings. The van der Waals surface area contributed by atoms with Crippen LogP contribution >= 0.6 is 15.9 Å². The van der Waals surface area contributed by atoms with Crippen molar-refractivity contribution in [1.29, 1.82) is 10.5 Å². The molecule has 2 amide bonds. The maximum Gasteiger partial charge on any atom is 0.413 e. The van der Waals surface area contributed by atoms with Crippen LogP contribution in [-0.4, -0.2) is 146 Å². The smallest absolute Gasteiger partial charge is 0.413 e. The fourth-order valence-corrected chi connectivity index (χ4v) is 10.6. The molecule has 0 saturated heterocycles. The van der Waals surface area contributed by atoms with Crippen LogP contribution in [-0.2, 0) is 57.9 Å². The number of rotatable bonds is 17. The molecule has 10 N–H and O–H groups in total. The number of fused-ring (bicyclic) bond motifs is 2. The van der Waals surface area contributed by atoms with Crippen molar-refractivity contribution in [2.45, 2.75) is 186 Å². The number of anilines is 5. The number of carbonyl (C=O) groups excluding carboxylic acids is 5. The Kier molecular flexibility index (Phi) is 32.5. The van der Waals surface area contributed by atoms with E-state index >= 15 is 0 Å². The van der Waals surface area contributed by atoms with E-state index in [4.69, 9.17) is 47.7 Å². The number of pyridine rings is 2. The van der Waals surface area contributed by atoms with Gasteiger partial charge in [0.05, 0.1) is 131 Å². The Morgan fingerprint density at radius 1 is 0.466 bits per heavy atom. The summed E-state index contributed by atoms with van der Waals surface area (Å²) in [6.07, 6.45) is 12.4. The van der Waals surface area contributed by atoms with Crippen LogP contribution in [0.3, 0.4) is 0 Å². The largest absolute Gasteiger partial charge is 0.460 e. The number of nitrogens with zero attached hydrogens (tertiary/aromatic N) is 22. The molecule has 614 valence electrons. The van der Waals surface area contributed by atoms with E-state index in [1.165, 1.54) is 31.0 Å². The summed E-state index contributed by atoms with van der Waals surface area (Å²) >= 11 is 3.20. The highest BCUT2D eigenvalue weighted by molar-refractivity contribution is 9.10. The van der Waals surface area contributed by atoms with E-state index in [0.29, 0.717) is 119 Å². The Balaban J connectivity index is 0.000000209. The quantitative estimate of drug-likeness (QED) is 0.0280. The number of hydrogen-bond acceptors (Lipinski definition) is 32. The molecule has 2 aromatic carbocycles. The second-order valence-corrected chi connectivity index (χ2v) is 30.2. The van der Waals surface area contributed by atoms with Gasteiger partial charge < -0.3 is 37.1 Å². The molecule has 12 rings (SSSR count). The van der Waals surface area contributed by atoms with Crippen LogP contribution in [0.5, 0.6) is 0 Å². The lowest BCUT2D eigenvalue weighted by atomic mass is 10.1. The zero-order valence-electron chi connectivity index (χ0n) is 68.8. The van der Waals surface area contributed by atoms with Gasteiger partial charge in [0.1, 0.15) is 62.4 Å².